The van der Waals surface area contributed by atoms with E-state index >= 15 is 0 Å². The van der Waals surface area contributed by atoms with Crippen molar-refractivity contribution in [3.63, 3.8) is 0 Å². The predicted molar refractivity (Wildman–Crippen MR) is 116 cm³/mol. The number of hydrogen-bond acceptors (Lipinski definition) is 8. The van der Waals surface area contributed by atoms with Crippen LogP contribution >= 0.6 is 0 Å². The molecule has 0 unspecified atom stereocenters. The number of methoxy groups -OCH3 is 3. The van der Waals surface area contributed by atoms with Crippen molar-refractivity contribution < 1.29 is 33.3 Å². The molecule has 32 heavy (non-hydrogen) atoms. The fraction of sp³-hybridized carbons (Fsp3) is 0.458. The number of esters is 2. The van der Waals surface area contributed by atoms with E-state index in [0.29, 0.717) is 40.3 Å². The van der Waals surface area contributed by atoms with Crippen LogP contribution in [0.15, 0.2) is 46.8 Å². The number of dihydropyridines is 1. The van der Waals surface area contributed by atoms with Gasteiger partial charge in [-0.2, -0.15) is 0 Å². The van der Waals surface area contributed by atoms with E-state index in [0.717, 1.165) is 0 Å². The number of ether oxygens (including phenoxy) is 4. The van der Waals surface area contributed by atoms with Gasteiger partial charge < -0.3 is 24.3 Å². The number of carbonyl (C=O) groups is 3. The Hall–Kier alpha value is -3.13. The van der Waals surface area contributed by atoms with Crippen molar-refractivity contribution in [2.24, 2.45) is 11.8 Å². The summed E-state index contributed by atoms with van der Waals surface area (Å²) in [4.78, 5) is 39.2. The highest BCUT2D eigenvalue weighted by molar-refractivity contribution is 6.12. The Bertz CT molecular complexity index is 978. The molecule has 172 valence electrons. The number of hydrogen-bond donors (Lipinski definition) is 1. The lowest BCUT2D eigenvalue weighted by atomic mass is 9.69. The molecule has 3 rings (SSSR count). The lowest BCUT2D eigenvalue weighted by molar-refractivity contribution is -0.151. The molecule has 1 N–H and O–H groups in total. The summed E-state index contributed by atoms with van der Waals surface area (Å²) >= 11 is 0. The van der Waals surface area contributed by atoms with Gasteiger partial charge in [-0.15, -0.1) is 0 Å². The summed E-state index contributed by atoms with van der Waals surface area (Å²) in [7, 11) is 4.34. The zero-order valence-electron chi connectivity index (χ0n) is 19.0. The fourth-order valence-corrected chi connectivity index (χ4v) is 4.40. The second-order valence-corrected chi connectivity index (χ2v) is 7.94. The standard InChI is InChI=1S/C24H29NO7/c1-13-11-17-21(22(26)18(13)23(27)31-5)20(15-7-6-8-16(12-15)30-4)19(14(2)25-17)24(28)32-10-9-29-3/h6-8,12-13,18,20,25H,9-11H2,1-5H3/t13-,18+,20-/m0/s1. The monoisotopic (exact) mass is 443 g/mol. The van der Waals surface area contributed by atoms with E-state index in [-0.39, 0.29) is 24.9 Å². The second kappa shape index (κ2) is 9.99. The van der Waals surface area contributed by atoms with Crippen molar-refractivity contribution in [2.45, 2.75) is 26.2 Å². The van der Waals surface area contributed by atoms with Crippen LogP contribution in [-0.2, 0) is 28.6 Å². The molecule has 0 bridgehead atoms. The van der Waals surface area contributed by atoms with Crippen molar-refractivity contribution in [3.8, 4) is 5.75 Å². The first-order valence-corrected chi connectivity index (χ1v) is 10.5. The summed E-state index contributed by atoms with van der Waals surface area (Å²) in [6, 6.07) is 7.20. The van der Waals surface area contributed by atoms with Crippen LogP contribution in [0.2, 0.25) is 0 Å². The van der Waals surface area contributed by atoms with Gasteiger partial charge in [0.2, 0.25) is 0 Å². The highest BCUT2D eigenvalue weighted by Crippen LogP contribution is 2.45. The summed E-state index contributed by atoms with van der Waals surface area (Å²) in [5.74, 6) is -2.76. The van der Waals surface area contributed by atoms with E-state index < -0.39 is 23.8 Å². The number of rotatable bonds is 7. The van der Waals surface area contributed by atoms with Crippen molar-refractivity contribution in [3.05, 3.63) is 52.4 Å². The lowest BCUT2D eigenvalue weighted by Crippen LogP contribution is -2.43. The minimum absolute atomic E-state index is 0.0820. The number of ketones is 1. The van der Waals surface area contributed by atoms with Crippen molar-refractivity contribution in [1.82, 2.24) is 5.32 Å². The minimum Gasteiger partial charge on any atom is -0.497 e. The summed E-state index contributed by atoms with van der Waals surface area (Å²) in [6.07, 6.45) is 0.477. The van der Waals surface area contributed by atoms with Gasteiger partial charge in [0.1, 0.15) is 18.3 Å². The zero-order valence-corrected chi connectivity index (χ0v) is 19.0. The Kier molecular flexibility index (Phi) is 7.35. The Balaban J connectivity index is 2.13. The normalized spacial score (nSPS) is 22.8. The van der Waals surface area contributed by atoms with E-state index in [9.17, 15) is 14.4 Å². The van der Waals surface area contributed by atoms with Crippen LogP contribution in [0, 0.1) is 11.8 Å². The van der Waals surface area contributed by atoms with Crippen LogP contribution in [0.25, 0.3) is 0 Å². The molecule has 1 aromatic rings. The van der Waals surface area contributed by atoms with Gasteiger partial charge in [0.15, 0.2) is 5.78 Å². The van der Waals surface area contributed by atoms with Crippen molar-refractivity contribution in [2.75, 3.05) is 34.5 Å². The van der Waals surface area contributed by atoms with Gasteiger partial charge in [-0.25, -0.2) is 4.79 Å². The molecule has 0 saturated carbocycles. The number of nitrogens with one attached hydrogen (secondary N) is 1. The molecule has 0 spiro atoms. The summed E-state index contributed by atoms with van der Waals surface area (Å²) < 4.78 is 20.7. The van der Waals surface area contributed by atoms with E-state index in [1.54, 1.807) is 32.2 Å². The van der Waals surface area contributed by atoms with Gasteiger partial charge in [0.25, 0.3) is 0 Å². The maximum absolute atomic E-state index is 13.6. The van der Waals surface area contributed by atoms with E-state index in [4.69, 9.17) is 18.9 Å². The average Bonchev–Trinajstić information content (AvgIpc) is 2.77. The molecule has 0 amide bonds. The Morgan fingerprint density at radius 1 is 1.16 bits per heavy atom. The molecule has 1 heterocycles. The van der Waals surface area contributed by atoms with Crippen LogP contribution in [-0.4, -0.2) is 52.3 Å². The Labute approximate surface area is 187 Å². The molecule has 8 nitrogen and oxygen atoms in total. The lowest BCUT2D eigenvalue weighted by Gasteiger charge is -2.38. The van der Waals surface area contributed by atoms with Gasteiger partial charge in [-0.05, 0) is 37.0 Å². The molecule has 1 aliphatic heterocycles. The zero-order chi connectivity index (χ0) is 23.4. The van der Waals surface area contributed by atoms with Gasteiger partial charge in [-0.3, -0.25) is 9.59 Å². The quantitative estimate of drug-likeness (QED) is 0.390. The summed E-state index contributed by atoms with van der Waals surface area (Å²) in [5.41, 5.74) is 2.72. The first kappa shape index (κ1) is 23.5. The molecular formula is C24H29NO7. The number of benzene rings is 1. The third-order valence-electron chi connectivity index (χ3n) is 5.91. The third-order valence-corrected chi connectivity index (χ3v) is 5.91. The molecule has 0 radical (unpaired) electrons. The largest absolute Gasteiger partial charge is 0.497 e. The molecule has 0 aromatic heterocycles. The van der Waals surface area contributed by atoms with Crippen molar-refractivity contribution >= 4 is 17.7 Å². The first-order valence-electron chi connectivity index (χ1n) is 10.5. The van der Waals surface area contributed by atoms with Crippen LogP contribution in [0.3, 0.4) is 0 Å². The highest BCUT2D eigenvalue weighted by Gasteiger charge is 2.47. The molecule has 0 saturated heterocycles. The smallest absolute Gasteiger partial charge is 0.336 e. The van der Waals surface area contributed by atoms with Gasteiger partial charge in [-0.1, -0.05) is 19.1 Å². The molecule has 2 aliphatic rings. The van der Waals surface area contributed by atoms with Crippen LogP contribution in [0.4, 0.5) is 0 Å². The highest BCUT2D eigenvalue weighted by atomic mass is 16.6. The van der Waals surface area contributed by atoms with E-state index in [1.807, 2.05) is 13.0 Å². The molecule has 0 fully saturated rings. The van der Waals surface area contributed by atoms with E-state index in [2.05, 4.69) is 5.32 Å². The molecule has 3 atom stereocenters. The Morgan fingerprint density at radius 2 is 1.91 bits per heavy atom. The number of carbonyl (C=O) groups excluding carboxylic acids is 3. The number of allylic oxidation sites excluding steroid dienone is 3. The van der Waals surface area contributed by atoms with Crippen LogP contribution < -0.4 is 10.1 Å². The average molecular weight is 443 g/mol. The van der Waals surface area contributed by atoms with Crippen LogP contribution in [0.5, 0.6) is 5.75 Å². The fourth-order valence-electron chi connectivity index (χ4n) is 4.40. The maximum atomic E-state index is 13.6. The van der Waals surface area contributed by atoms with Gasteiger partial charge in [0, 0.05) is 30.0 Å². The maximum Gasteiger partial charge on any atom is 0.336 e. The molecule has 8 heteroatoms. The summed E-state index contributed by atoms with van der Waals surface area (Å²) in [6.45, 7) is 3.97. The first-order chi connectivity index (χ1) is 15.3. The second-order valence-electron chi connectivity index (χ2n) is 7.94. The third kappa shape index (κ3) is 4.41. The molecule has 1 aromatic carbocycles. The van der Waals surface area contributed by atoms with Gasteiger partial charge in [0.05, 0.1) is 26.4 Å². The van der Waals surface area contributed by atoms with Gasteiger partial charge >= 0.3 is 11.9 Å². The SMILES string of the molecule is COCCOC(=O)C1=C(C)NC2=C(C(=O)[C@H](C(=O)OC)[C@@H](C)C2)[C@H]1c1cccc(OC)c1. The van der Waals surface area contributed by atoms with Crippen LogP contribution in [0.1, 0.15) is 31.7 Å². The predicted octanol–water partition coefficient (Wildman–Crippen LogP) is 2.50. The minimum atomic E-state index is -0.933. The van der Waals surface area contributed by atoms with E-state index in [1.165, 1.54) is 14.2 Å². The summed E-state index contributed by atoms with van der Waals surface area (Å²) in [5, 5.41) is 3.23. The molecule has 1 aliphatic carbocycles. The molecular weight excluding hydrogens is 414 g/mol. The Morgan fingerprint density at radius 3 is 2.56 bits per heavy atom. The number of Topliss-reactive ketones (excluding diaryl/α,β-unsaturated/α-hetero) is 1. The van der Waals surface area contributed by atoms with Crippen molar-refractivity contribution in [1.29, 1.82) is 0 Å². The topological polar surface area (TPSA) is 100 Å².